The van der Waals surface area contributed by atoms with Gasteiger partial charge in [0.1, 0.15) is 0 Å². The minimum absolute atomic E-state index is 0.485. The fourth-order valence-electron chi connectivity index (χ4n) is 3.27. The first-order valence-corrected chi connectivity index (χ1v) is 8.42. The lowest BCUT2D eigenvalue weighted by Gasteiger charge is -2.31. The molecule has 1 aromatic heterocycles. The van der Waals surface area contributed by atoms with Crippen LogP contribution in [0.3, 0.4) is 0 Å². The van der Waals surface area contributed by atoms with Crippen LogP contribution in [-0.4, -0.2) is 55.3 Å². The Balaban J connectivity index is 1.34. The molecule has 2 N–H and O–H groups in total. The molecule has 5 heteroatoms. The van der Waals surface area contributed by atoms with Gasteiger partial charge < -0.3 is 15.4 Å². The minimum atomic E-state index is 0.485. The average molecular weight is 312 g/mol. The monoisotopic (exact) mass is 312 g/mol. The van der Waals surface area contributed by atoms with Gasteiger partial charge in [0.05, 0.1) is 19.3 Å². The lowest BCUT2D eigenvalue weighted by Crippen LogP contribution is -2.46. The molecule has 4 rings (SSSR count). The van der Waals surface area contributed by atoms with Gasteiger partial charge in [-0.2, -0.15) is 0 Å². The number of hydrogen-bond acceptors (Lipinski definition) is 5. The van der Waals surface area contributed by atoms with Crippen molar-refractivity contribution in [3.8, 4) is 0 Å². The van der Waals surface area contributed by atoms with Crippen LogP contribution in [0.2, 0.25) is 0 Å². The molecular weight excluding hydrogens is 288 g/mol. The van der Waals surface area contributed by atoms with E-state index in [1.165, 1.54) is 28.2 Å². The topological polar surface area (TPSA) is 49.4 Å². The molecule has 0 atom stereocenters. The van der Waals surface area contributed by atoms with Crippen LogP contribution in [-0.2, 0) is 11.2 Å². The molecule has 0 unspecified atom stereocenters. The van der Waals surface area contributed by atoms with Gasteiger partial charge in [-0.1, -0.05) is 6.07 Å². The summed E-state index contributed by atoms with van der Waals surface area (Å²) in [7, 11) is 0. The van der Waals surface area contributed by atoms with Crippen LogP contribution in [0.15, 0.2) is 41.4 Å². The second-order valence-corrected chi connectivity index (χ2v) is 6.62. The molecule has 0 aromatic carbocycles. The van der Waals surface area contributed by atoms with Crippen LogP contribution in [0.5, 0.6) is 0 Å². The standard InChI is InChI=1S/C18H24N4O/c1-13-2-3-14(20-8-13)5-7-22-9-16-17(21-15-11-23-12-15)4-6-19-18(16)10-22/h2-4,8,15,19,21H,5-7,9-12H2,1H3. The molecule has 5 nitrogen and oxygen atoms in total. The highest BCUT2D eigenvalue weighted by Crippen LogP contribution is 2.24. The molecule has 0 amide bonds. The van der Waals surface area contributed by atoms with Crippen molar-refractivity contribution in [2.45, 2.75) is 19.4 Å². The van der Waals surface area contributed by atoms with E-state index in [2.05, 4.69) is 45.6 Å². The van der Waals surface area contributed by atoms with Gasteiger partial charge in [-0.3, -0.25) is 9.88 Å². The molecule has 3 aliphatic rings. The lowest BCUT2D eigenvalue weighted by molar-refractivity contribution is -0.000577. The molecule has 0 bridgehead atoms. The summed E-state index contributed by atoms with van der Waals surface area (Å²) in [6, 6.07) is 4.77. The Morgan fingerprint density at radius 3 is 3.00 bits per heavy atom. The Bertz CT molecular complexity index is 631. The molecule has 0 saturated carbocycles. The molecule has 23 heavy (non-hydrogen) atoms. The van der Waals surface area contributed by atoms with Gasteiger partial charge in [0.25, 0.3) is 0 Å². The maximum atomic E-state index is 5.27. The highest BCUT2D eigenvalue weighted by atomic mass is 16.5. The zero-order valence-electron chi connectivity index (χ0n) is 13.6. The summed E-state index contributed by atoms with van der Waals surface area (Å²) >= 11 is 0. The average Bonchev–Trinajstić information content (AvgIpc) is 2.94. The van der Waals surface area contributed by atoms with E-state index < -0.39 is 0 Å². The Hall–Kier alpha value is -1.85. The van der Waals surface area contributed by atoms with Crippen LogP contribution < -0.4 is 10.6 Å². The predicted molar refractivity (Wildman–Crippen MR) is 90.0 cm³/mol. The molecule has 0 aliphatic carbocycles. The zero-order chi connectivity index (χ0) is 15.6. The van der Waals surface area contributed by atoms with Crippen molar-refractivity contribution in [3.63, 3.8) is 0 Å². The summed E-state index contributed by atoms with van der Waals surface area (Å²) in [5.74, 6) is 0. The van der Waals surface area contributed by atoms with Crippen LogP contribution in [0.1, 0.15) is 11.3 Å². The first-order chi connectivity index (χ1) is 11.3. The van der Waals surface area contributed by atoms with Crippen LogP contribution in [0, 0.1) is 6.92 Å². The molecule has 1 fully saturated rings. The van der Waals surface area contributed by atoms with Crippen molar-refractivity contribution in [3.05, 3.63) is 52.6 Å². The summed E-state index contributed by atoms with van der Waals surface area (Å²) in [4.78, 5) is 7.01. The summed E-state index contributed by atoms with van der Waals surface area (Å²) in [6.45, 7) is 7.73. The molecule has 1 aromatic rings. The van der Waals surface area contributed by atoms with Crippen molar-refractivity contribution in [2.75, 3.05) is 39.4 Å². The van der Waals surface area contributed by atoms with Gasteiger partial charge in [0, 0.05) is 61.5 Å². The Morgan fingerprint density at radius 2 is 2.26 bits per heavy atom. The first-order valence-electron chi connectivity index (χ1n) is 8.42. The van der Waals surface area contributed by atoms with Crippen molar-refractivity contribution in [1.82, 2.24) is 20.5 Å². The number of hydrogen-bond donors (Lipinski definition) is 2. The van der Waals surface area contributed by atoms with E-state index in [-0.39, 0.29) is 0 Å². The number of pyridine rings is 1. The van der Waals surface area contributed by atoms with E-state index in [0.29, 0.717) is 6.04 Å². The van der Waals surface area contributed by atoms with Crippen molar-refractivity contribution < 1.29 is 4.74 Å². The van der Waals surface area contributed by atoms with Gasteiger partial charge in [-0.05, 0) is 24.6 Å². The SMILES string of the molecule is Cc1ccc(CCN2CC3=C(C2)C(NC2COC2)=CCN3)nc1. The van der Waals surface area contributed by atoms with Gasteiger partial charge >= 0.3 is 0 Å². The Morgan fingerprint density at radius 1 is 1.35 bits per heavy atom. The van der Waals surface area contributed by atoms with E-state index >= 15 is 0 Å². The number of nitrogens with zero attached hydrogens (tertiary/aromatic N) is 2. The van der Waals surface area contributed by atoms with Crippen LogP contribution >= 0.6 is 0 Å². The maximum absolute atomic E-state index is 5.27. The molecule has 0 spiro atoms. The van der Waals surface area contributed by atoms with E-state index in [4.69, 9.17) is 4.74 Å². The van der Waals surface area contributed by atoms with Crippen molar-refractivity contribution in [2.24, 2.45) is 0 Å². The fraction of sp³-hybridized carbons (Fsp3) is 0.500. The Kier molecular flexibility index (Phi) is 4.06. The lowest BCUT2D eigenvalue weighted by atomic mass is 10.1. The van der Waals surface area contributed by atoms with Gasteiger partial charge in [0.15, 0.2) is 0 Å². The zero-order valence-corrected chi connectivity index (χ0v) is 13.6. The summed E-state index contributed by atoms with van der Waals surface area (Å²) in [6.07, 6.45) is 5.22. The fourth-order valence-corrected chi connectivity index (χ4v) is 3.27. The van der Waals surface area contributed by atoms with Crippen LogP contribution in [0.25, 0.3) is 0 Å². The van der Waals surface area contributed by atoms with Gasteiger partial charge in [-0.15, -0.1) is 0 Å². The third-order valence-electron chi connectivity index (χ3n) is 4.73. The van der Waals surface area contributed by atoms with Gasteiger partial charge in [-0.25, -0.2) is 0 Å². The second kappa shape index (κ2) is 6.34. The second-order valence-electron chi connectivity index (χ2n) is 6.62. The summed E-state index contributed by atoms with van der Waals surface area (Å²) in [5.41, 5.74) is 6.51. The summed E-state index contributed by atoms with van der Waals surface area (Å²) in [5, 5.41) is 7.16. The summed E-state index contributed by atoms with van der Waals surface area (Å²) < 4.78 is 5.27. The normalized spacial score (nSPS) is 21.5. The molecule has 4 heterocycles. The highest BCUT2D eigenvalue weighted by Gasteiger charge is 2.28. The smallest absolute Gasteiger partial charge is 0.0728 e. The van der Waals surface area contributed by atoms with Crippen LogP contribution in [0.4, 0.5) is 0 Å². The van der Waals surface area contributed by atoms with Crippen molar-refractivity contribution >= 4 is 0 Å². The first kappa shape index (κ1) is 14.7. The quantitative estimate of drug-likeness (QED) is 0.849. The highest BCUT2D eigenvalue weighted by molar-refractivity contribution is 5.42. The number of nitrogens with one attached hydrogen (secondary N) is 2. The van der Waals surface area contributed by atoms with E-state index in [1.807, 2.05) is 6.20 Å². The third kappa shape index (κ3) is 3.26. The molecule has 122 valence electrons. The molecular formula is C18H24N4O. The number of ether oxygens (including phenoxy) is 1. The maximum Gasteiger partial charge on any atom is 0.0728 e. The Labute approximate surface area is 137 Å². The largest absolute Gasteiger partial charge is 0.383 e. The molecule has 3 aliphatic heterocycles. The van der Waals surface area contributed by atoms with Gasteiger partial charge in [0.2, 0.25) is 0 Å². The van der Waals surface area contributed by atoms with E-state index in [0.717, 1.165) is 45.8 Å². The number of rotatable bonds is 5. The number of dihydropyridines is 1. The van der Waals surface area contributed by atoms with E-state index in [1.54, 1.807) is 0 Å². The third-order valence-corrected chi connectivity index (χ3v) is 4.73. The van der Waals surface area contributed by atoms with E-state index in [9.17, 15) is 0 Å². The molecule has 1 saturated heterocycles. The number of aromatic nitrogens is 1. The van der Waals surface area contributed by atoms with Crippen molar-refractivity contribution in [1.29, 1.82) is 0 Å². The minimum Gasteiger partial charge on any atom is -0.383 e. The predicted octanol–water partition coefficient (Wildman–Crippen LogP) is 0.978. The molecule has 0 radical (unpaired) electrons. The number of aryl methyl sites for hydroxylation is 1.